The molecule has 0 saturated heterocycles. The summed E-state index contributed by atoms with van der Waals surface area (Å²) in [6.07, 6.45) is 0.0987. The van der Waals surface area contributed by atoms with E-state index in [2.05, 4.69) is 21.4 Å². The van der Waals surface area contributed by atoms with Crippen molar-refractivity contribution in [3.8, 4) is 6.07 Å². The van der Waals surface area contributed by atoms with Gasteiger partial charge in [0.15, 0.2) is 0 Å². The lowest BCUT2D eigenvalue weighted by atomic mass is 9.87. The molecule has 9 heteroatoms. The van der Waals surface area contributed by atoms with Crippen molar-refractivity contribution in [1.82, 2.24) is 5.32 Å². The number of thioether (sulfide) groups is 1. The van der Waals surface area contributed by atoms with Crippen molar-refractivity contribution in [2.24, 2.45) is 0 Å². The minimum Gasteiger partial charge on any atom is -0.465 e. The summed E-state index contributed by atoms with van der Waals surface area (Å²) in [5.41, 5.74) is 2.07. The van der Waals surface area contributed by atoms with E-state index in [-0.39, 0.29) is 24.0 Å². The SMILES string of the molecule is COC(=O)c1ccc([C@H]2CC(=O)NC(SCC(=O)Nc3ccc(Cl)cc3)=C2C#N)cc1. The van der Waals surface area contributed by atoms with Crippen molar-refractivity contribution in [3.05, 3.63) is 75.3 Å². The number of rotatable bonds is 6. The fourth-order valence-electron chi connectivity index (χ4n) is 3.06. The number of nitrogens with zero attached hydrogens (tertiary/aromatic N) is 1. The summed E-state index contributed by atoms with van der Waals surface area (Å²) >= 11 is 6.92. The van der Waals surface area contributed by atoms with Crippen LogP contribution in [0.2, 0.25) is 5.02 Å². The Morgan fingerprint density at radius 1 is 1.23 bits per heavy atom. The Bertz CT molecular complexity index is 1080. The van der Waals surface area contributed by atoms with Crippen molar-refractivity contribution in [2.75, 3.05) is 18.2 Å². The van der Waals surface area contributed by atoms with Crippen LogP contribution in [0, 0.1) is 11.3 Å². The molecule has 0 unspecified atom stereocenters. The number of anilines is 1. The third kappa shape index (κ3) is 5.66. The van der Waals surface area contributed by atoms with E-state index in [9.17, 15) is 19.6 Å². The highest BCUT2D eigenvalue weighted by Gasteiger charge is 2.30. The van der Waals surface area contributed by atoms with Crippen molar-refractivity contribution >= 4 is 46.8 Å². The molecule has 0 radical (unpaired) electrons. The van der Waals surface area contributed by atoms with Gasteiger partial charge in [0.25, 0.3) is 0 Å². The van der Waals surface area contributed by atoms with Gasteiger partial charge in [-0.1, -0.05) is 35.5 Å². The van der Waals surface area contributed by atoms with Crippen LogP contribution in [0.15, 0.2) is 59.1 Å². The number of benzene rings is 2. The zero-order valence-electron chi connectivity index (χ0n) is 16.5. The number of allylic oxidation sites excluding steroid dienone is 1. The predicted molar refractivity (Wildman–Crippen MR) is 118 cm³/mol. The molecular weight excluding hydrogens is 438 g/mol. The zero-order valence-corrected chi connectivity index (χ0v) is 18.0. The molecule has 31 heavy (non-hydrogen) atoms. The number of hydrogen-bond acceptors (Lipinski definition) is 6. The van der Waals surface area contributed by atoms with Gasteiger partial charge in [0, 0.05) is 23.0 Å². The van der Waals surface area contributed by atoms with Crippen LogP contribution in [0.1, 0.15) is 28.3 Å². The maximum atomic E-state index is 12.3. The molecule has 0 spiro atoms. The normalized spacial score (nSPS) is 15.6. The molecule has 0 aliphatic carbocycles. The van der Waals surface area contributed by atoms with E-state index >= 15 is 0 Å². The standard InChI is InChI=1S/C22H18ClN3O4S/c1-30-22(29)14-4-2-13(3-5-14)17-10-19(27)26-21(18(17)11-24)31-12-20(28)25-16-8-6-15(23)7-9-16/h2-9,17H,10,12H2,1H3,(H,25,28)(H,26,27)/t17-/m1/s1. The summed E-state index contributed by atoms with van der Waals surface area (Å²) in [5, 5.41) is 16.1. The van der Waals surface area contributed by atoms with Crippen molar-refractivity contribution in [1.29, 1.82) is 5.26 Å². The first-order chi connectivity index (χ1) is 14.9. The Hall–Kier alpha value is -3.28. The molecule has 3 rings (SSSR count). The molecular formula is C22H18ClN3O4S. The number of nitrogens with one attached hydrogen (secondary N) is 2. The summed E-state index contributed by atoms with van der Waals surface area (Å²) in [6, 6.07) is 15.4. The second-order valence-corrected chi connectivity index (χ2v) is 8.04. The first kappa shape index (κ1) is 22.4. The molecule has 158 valence electrons. The molecule has 0 saturated carbocycles. The summed E-state index contributed by atoms with van der Waals surface area (Å²) in [4.78, 5) is 36.2. The monoisotopic (exact) mass is 455 g/mol. The summed E-state index contributed by atoms with van der Waals surface area (Å²) in [5.74, 6) is -1.45. The lowest BCUT2D eigenvalue weighted by Gasteiger charge is -2.25. The van der Waals surface area contributed by atoms with Gasteiger partial charge in [0.2, 0.25) is 11.8 Å². The smallest absolute Gasteiger partial charge is 0.337 e. The zero-order chi connectivity index (χ0) is 22.4. The van der Waals surface area contributed by atoms with E-state index in [4.69, 9.17) is 11.6 Å². The van der Waals surface area contributed by atoms with Crippen molar-refractivity contribution < 1.29 is 19.1 Å². The van der Waals surface area contributed by atoms with Gasteiger partial charge in [0.05, 0.1) is 35.1 Å². The number of halogens is 1. The van der Waals surface area contributed by atoms with Gasteiger partial charge >= 0.3 is 5.97 Å². The predicted octanol–water partition coefficient (Wildman–Crippen LogP) is 3.84. The molecule has 0 fully saturated rings. The first-order valence-corrected chi connectivity index (χ1v) is 10.6. The summed E-state index contributed by atoms with van der Waals surface area (Å²) < 4.78 is 4.69. The Morgan fingerprint density at radius 2 is 1.90 bits per heavy atom. The highest BCUT2D eigenvalue weighted by atomic mass is 35.5. The molecule has 2 N–H and O–H groups in total. The van der Waals surface area contributed by atoms with Gasteiger partial charge in [-0.05, 0) is 42.0 Å². The minimum atomic E-state index is -0.466. The average Bonchev–Trinajstić information content (AvgIpc) is 2.78. The maximum Gasteiger partial charge on any atom is 0.337 e. The molecule has 2 amide bonds. The van der Waals surface area contributed by atoms with Crippen molar-refractivity contribution in [3.63, 3.8) is 0 Å². The van der Waals surface area contributed by atoms with Crippen LogP contribution < -0.4 is 10.6 Å². The lowest BCUT2D eigenvalue weighted by molar-refractivity contribution is -0.121. The second-order valence-electron chi connectivity index (χ2n) is 6.62. The van der Waals surface area contributed by atoms with Crippen LogP contribution >= 0.6 is 23.4 Å². The third-order valence-corrected chi connectivity index (χ3v) is 5.83. The van der Waals surface area contributed by atoms with Crippen LogP contribution in [0.25, 0.3) is 0 Å². The maximum absolute atomic E-state index is 12.3. The second kappa shape index (κ2) is 10.2. The van der Waals surface area contributed by atoms with E-state index in [0.717, 1.165) is 17.3 Å². The molecule has 2 aromatic rings. The summed E-state index contributed by atoms with van der Waals surface area (Å²) in [7, 11) is 1.30. The highest BCUT2D eigenvalue weighted by Crippen LogP contribution is 2.36. The topological polar surface area (TPSA) is 108 Å². The number of esters is 1. The van der Waals surface area contributed by atoms with Crippen LogP contribution in [0.4, 0.5) is 5.69 Å². The minimum absolute atomic E-state index is 0.0113. The molecule has 0 bridgehead atoms. The fraction of sp³-hybridized carbons (Fsp3) is 0.182. The number of carbonyl (C=O) groups is 3. The van der Waals surface area contributed by atoms with Crippen LogP contribution in [-0.2, 0) is 14.3 Å². The molecule has 1 aliphatic heterocycles. The number of ether oxygens (including phenoxy) is 1. The number of carbonyl (C=O) groups excluding carboxylic acids is 3. The lowest BCUT2D eigenvalue weighted by Crippen LogP contribution is -2.31. The molecule has 2 aromatic carbocycles. The third-order valence-electron chi connectivity index (χ3n) is 4.57. The fourth-order valence-corrected chi connectivity index (χ4v) is 4.06. The first-order valence-electron chi connectivity index (χ1n) is 9.22. The average molecular weight is 456 g/mol. The van der Waals surface area contributed by atoms with E-state index in [1.807, 2.05) is 0 Å². The largest absolute Gasteiger partial charge is 0.465 e. The number of hydrogen-bond donors (Lipinski definition) is 2. The van der Waals surface area contributed by atoms with Gasteiger partial charge in [-0.15, -0.1) is 0 Å². The Labute approximate surface area is 188 Å². The van der Waals surface area contributed by atoms with Crippen LogP contribution in [0.3, 0.4) is 0 Å². The van der Waals surface area contributed by atoms with E-state index in [1.165, 1.54) is 7.11 Å². The van der Waals surface area contributed by atoms with E-state index in [1.54, 1.807) is 48.5 Å². The molecule has 1 aliphatic rings. The Kier molecular flexibility index (Phi) is 7.34. The van der Waals surface area contributed by atoms with Gasteiger partial charge in [0.1, 0.15) is 0 Å². The Balaban J connectivity index is 1.74. The van der Waals surface area contributed by atoms with Gasteiger partial charge in [-0.25, -0.2) is 4.79 Å². The van der Waals surface area contributed by atoms with E-state index in [0.29, 0.717) is 26.9 Å². The van der Waals surface area contributed by atoms with Gasteiger partial charge in [-0.3, -0.25) is 9.59 Å². The molecule has 7 nitrogen and oxygen atoms in total. The van der Waals surface area contributed by atoms with Gasteiger partial charge in [-0.2, -0.15) is 5.26 Å². The van der Waals surface area contributed by atoms with Gasteiger partial charge < -0.3 is 15.4 Å². The molecule has 0 aromatic heterocycles. The molecule has 1 atom stereocenters. The number of methoxy groups -OCH3 is 1. The Morgan fingerprint density at radius 3 is 2.52 bits per heavy atom. The highest BCUT2D eigenvalue weighted by molar-refractivity contribution is 8.03. The van der Waals surface area contributed by atoms with Crippen LogP contribution in [0.5, 0.6) is 0 Å². The van der Waals surface area contributed by atoms with E-state index < -0.39 is 11.9 Å². The quantitative estimate of drug-likeness (QED) is 0.640. The molecule has 1 heterocycles. The van der Waals surface area contributed by atoms with Crippen molar-refractivity contribution in [2.45, 2.75) is 12.3 Å². The number of amides is 2. The number of nitriles is 1. The summed E-state index contributed by atoms with van der Waals surface area (Å²) in [6.45, 7) is 0. The van der Waals surface area contributed by atoms with Crippen LogP contribution in [-0.4, -0.2) is 30.6 Å².